The van der Waals surface area contributed by atoms with E-state index >= 15 is 0 Å². The zero-order valence-electron chi connectivity index (χ0n) is 30.5. The summed E-state index contributed by atoms with van der Waals surface area (Å²) in [5.41, 5.74) is 15.8. The van der Waals surface area contributed by atoms with E-state index < -0.39 is 0 Å². The molecule has 0 atom stereocenters. The smallest absolute Gasteiger partial charge is 0.0788 e. The minimum Gasteiger partial charge on any atom is -0.307 e. The van der Waals surface area contributed by atoms with E-state index in [1.54, 1.807) is 0 Å². The number of aromatic nitrogens is 3. The highest BCUT2D eigenvalue weighted by atomic mass is 15.0. The van der Waals surface area contributed by atoms with Gasteiger partial charge in [0.25, 0.3) is 0 Å². The molecule has 0 radical (unpaired) electrons. The van der Waals surface area contributed by atoms with Gasteiger partial charge in [-0.1, -0.05) is 164 Å². The van der Waals surface area contributed by atoms with E-state index in [2.05, 4.69) is 215 Å². The predicted octanol–water partition coefficient (Wildman–Crippen LogP) is 13.9. The monoisotopic (exact) mass is 713 g/mol. The summed E-state index contributed by atoms with van der Waals surface area (Å²) in [7, 11) is 0. The lowest BCUT2D eigenvalue weighted by Crippen LogP contribution is -1.99. The fraction of sp³-hybridized carbons (Fsp3) is 0. The van der Waals surface area contributed by atoms with Crippen molar-refractivity contribution in [3.05, 3.63) is 212 Å². The molecule has 8 aromatic carbocycles. The summed E-state index contributed by atoms with van der Waals surface area (Å²) in [6.07, 6.45) is 0. The molecule has 0 unspecified atom stereocenters. The first kappa shape index (κ1) is 32.0. The zero-order chi connectivity index (χ0) is 37.0. The van der Waals surface area contributed by atoms with Crippen LogP contribution in [0.2, 0.25) is 0 Å². The van der Waals surface area contributed by atoms with Gasteiger partial charge in [0.15, 0.2) is 0 Å². The van der Waals surface area contributed by atoms with E-state index in [-0.39, 0.29) is 0 Å². The van der Waals surface area contributed by atoms with Crippen LogP contribution < -0.4 is 0 Å². The molecule has 3 nitrogen and oxygen atoms in total. The highest BCUT2D eigenvalue weighted by Crippen LogP contribution is 2.42. The molecule has 11 rings (SSSR count). The van der Waals surface area contributed by atoms with Gasteiger partial charge in [-0.15, -0.1) is 0 Å². The van der Waals surface area contributed by atoms with Crippen molar-refractivity contribution in [3.63, 3.8) is 0 Å². The van der Waals surface area contributed by atoms with Crippen LogP contribution in [0.3, 0.4) is 0 Å². The Morgan fingerprint density at radius 2 is 0.625 bits per heavy atom. The van der Waals surface area contributed by atoms with Crippen LogP contribution in [0.25, 0.3) is 99.8 Å². The third kappa shape index (κ3) is 5.25. The van der Waals surface area contributed by atoms with Gasteiger partial charge in [0, 0.05) is 44.0 Å². The fourth-order valence-corrected chi connectivity index (χ4v) is 8.48. The van der Waals surface area contributed by atoms with E-state index in [0.717, 1.165) is 39.5 Å². The third-order valence-corrected chi connectivity index (χ3v) is 11.1. The summed E-state index contributed by atoms with van der Waals surface area (Å²) in [5.74, 6) is 0. The Kier molecular flexibility index (Phi) is 7.49. The largest absolute Gasteiger partial charge is 0.307 e. The van der Waals surface area contributed by atoms with Crippen molar-refractivity contribution >= 4 is 43.6 Å². The molecular formula is C53H35N3. The van der Waals surface area contributed by atoms with Crippen LogP contribution in [-0.4, -0.2) is 14.1 Å². The summed E-state index contributed by atoms with van der Waals surface area (Å²) < 4.78 is 4.91. The van der Waals surface area contributed by atoms with E-state index in [9.17, 15) is 0 Å². The minimum atomic E-state index is 0.945. The highest BCUT2D eigenvalue weighted by molar-refractivity contribution is 6.23. The number of pyridine rings is 1. The lowest BCUT2D eigenvalue weighted by molar-refractivity contribution is 1.15. The molecule has 262 valence electrons. The standard InChI is InChI=1S/C53H35N3/c1-4-14-36(15-5-1)38-24-28-42(29-25-38)55-50-22-12-10-20-44(50)46-32-33-47-45-21-11-13-23-51(45)56(53(47)52(46)55)43-30-26-40(27-31-43)49-35-41(37-16-6-2-7-17-37)34-48(54-49)39-18-8-3-9-19-39/h1-35H. The first-order valence-corrected chi connectivity index (χ1v) is 19.1. The number of hydrogen-bond acceptors (Lipinski definition) is 1. The molecule has 0 aliphatic rings. The lowest BCUT2D eigenvalue weighted by atomic mass is 10.00. The van der Waals surface area contributed by atoms with Gasteiger partial charge in [0.05, 0.1) is 33.5 Å². The second kappa shape index (κ2) is 13.1. The van der Waals surface area contributed by atoms with Crippen molar-refractivity contribution in [2.45, 2.75) is 0 Å². The van der Waals surface area contributed by atoms with Crippen LogP contribution in [0.4, 0.5) is 0 Å². The Morgan fingerprint density at radius 3 is 1.11 bits per heavy atom. The molecule has 0 spiro atoms. The Morgan fingerprint density at radius 1 is 0.268 bits per heavy atom. The summed E-state index contributed by atoms with van der Waals surface area (Å²) >= 11 is 0. The van der Waals surface area contributed by atoms with E-state index in [1.165, 1.54) is 60.3 Å². The van der Waals surface area contributed by atoms with Gasteiger partial charge in [0.1, 0.15) is 0 Å². The molecule has 3 heterocycles. The summed E-state index contributed by atoms with van der Waals surface area (Å²) in [6.45, 7) is 0. The predicted molar refractivity (Wildman–Crippen MR) is 235 cm³/mol. The van der Waals surface area contributed by atoms with Crippen LogP contribution in [0, 0.1) is 0 Å². The molecule has 11 aromatic rings. The van der Waals surface area contributed by atoms with Gasteiger partial charge in [-0.25, -0.2) is 4.98 Å². The molecule has 0 saturated carbocycles. The van der Waals surface area contributed by atoms with E-state index in [0.29, 0.717) is 0 Å². The number of para-hydroxylation sites is 2. The van der Waals surface area contributed by atoms with E-state index in [4.69, 9.17) is 4.98 Å². The minimum absolute atomic E-state index is 0.945. The quantitative estimate of drug-likeness (QED) is 0.168. The van der Waals surface area contributed by atoms with Crippen LogP contribution in [-0.2, 0) is 0 Å². The van der Waals surface area contributed by atoms with Crippen LogP contribution in [0.15, 0.2) is 212 Å². The molecule has 56 heavy (non-hydrogen) atoms. The highest BCUT2D eigenvalue weighted by Gasteiger charge is 2.21. The molecule has 0 aliphatic carbocycles. The van der Waals surface area contributed by atoms with E-state index in [1.807, 2.05) is 6.07 Å². The molecule has 0 saturated heterocycles. The molecule has 0 aliphatic heterocycles. The maximum Gasteiger partial charge on any atom is 0.0788 e. The molecular weight excluding hydrogens is 679 g/mol. The Hall–Kier alpha value is -7.49. The molecule has 0 N–H and O–H groups in total. The number of benzene rings is 8. The maximum atomic E-state index is 5.22. The molecule has 3 heteroatoms. The first-order chi connectivity index (χ1) is 27.8. The Balaban J connectivity index is 1.12. The normalized spacial score (nSPS) is 11.6. The SMILES string of the molecule is c1ccc(-c2ccc(-n3c4ccccc4c4ccc5c6ccccc6n(-c6ccc(-c7cc(-c8ccccc8)cc(-c8ccccc8)n7)cc6)c5c43)cc2)cc1. The van der Waals surface area contributed by atoms with Gasteiger partial charge in [-0.2, -0.15) is 0 Å². The molecule has 3 aromatic heterocycles. The second-order valence-electron chi connectivity index (χ2n) is 14.4. The van der Waals surface area contributed by atoms with Crippen LogP contribution >= 0.6 is 0 Å². The summed E-state index contributed by atoms with van der Waals surface area (Å²) in [5, 5.41) is 4.93. The lowest BCUT2D eigenvalue weighted by Gasteiger charge is -2.14. The molecule has 0 amide bonds. The van der Waals surface area contributed by atoms with Crippen molar-refractivity contribution < 1.29 is 0 Å². The Labute approximate surface area is 325 Å². The van der Waals surface area contributed by atoms with Gasteiger partial charge in [-0.3, -0.25) is 0 Å². The number of hydrogen-bond donors (Lipinski definition) is 0. The van der Waals surface area contributed by atoms with Gasteiger partial charge in [0.2, 0.25) is 0 Å². The molecule has 0 bridgehead atoms. The third-order valence-electron chi connectivity index (χ3n) is 11.1. The molecule has 0 fully saturated rings. The zero-order valence-corrected chi connectivity index (χ0v) is 30.5. The van der Waals surface area contributed by atoms with Gasteiger partial charge in [-0.05, 0) is 70.8 Å². The number of fused-ring (bicyclic) bond motifs is 7. The average Bonchev–Trinajstić information content (AvgIpc) is 3.80. The van der Waals surface area contributed by atoms with Gasteiger partial charge >= 0.3 is 0 Å². The first-order valence-electron chi connectivity index (χ1n) is 19.1. The second-order valence-corrected chi connectivity index (χ2v) is 14.4. The summed E-state index contributed by atoms with van der Waals surface area (Å²) in [4.78, 5) is 5.22. The van der Waals surface area contributed by atoms with Crippen molar-refractivity contribution in [2.75, 3.05) is 0 Å². The maximum absolute atomic E-state index is 5.22. The Bertz CT molecular complexity index is 3140. The van der Waals surface area contributed by atoms with Crippen LogP contribution in [0.1, 0.15) is 0 Å². The van der Waals surface area contributed by atoms with Crippen molar-refractivity contribution in [3.8, 4) is 56.1 Å². The van der Waals surface area contributed by atoms with Crippen molar-refractivity contribution in [1.82, 2.24) is 14.1 Å². The summed E-state index contributed by atoms with van der Waals surface area (Å²) in [6, 6.07) is 76.2. The van der Waals surface area contributed by atoms with Gasteiger partial charge < -0.3 is 9.13 Å². The number of rotatable bonds is 6. The topological polar surface area (TPSA) is 22.8 Å². The van der Waals surface area contributed by atoms with Crippen molar-refractivity contribution in [2.24, 2.45) is 0 Å². The fourth-order valence-electron chi connectivity index (χ4n) is 8.48. The number of nitrogens with zero attached hydrogens (tertiary/aromatic N) is 3. The van der Waals surface area contributed by atoms with Crippen molar-refractivity contribution in [1.29, 1.82) is 0 Å². The van der Waals surface area contributed by atoms with Crippen LogP contribution in [0.5, 0.6) is 0 Å². The average molecular weight is 714 g/mol.